The van der Waals surface area contributed by atoms with E-state index in [1.807, 2.05) is 55.3 Å². The molecule has 14 nitrogen and oxygen atoms in total. The number of carbonyl (C=O) groups excluding carboxylic acids is 4. The third-order valence-corrected chi connectivity index (χ3v) is 9.98. The van der Waals surface area contributed by atoms with Gasteiger partial charge in [0.25, 0.3) is 0 Å². The van der Waals surface area contributed by atoms with E-state index in [2.05, 4.69) is 25.6 Å². The molecule has 5 amide bonds. The maximum Gasteiger partial charge on any atom is 0.324 e. The maximum atomic E-state index is 13.6. The van der Waals surface area contributed by atoms with Gasteiger partial charge in [-0.15, -0.1) is 0 Å². The Morgan fingerprint density at radius 3 is 2.73 bits per heavy atom. The number of aryl methyl sites for hydroxylation is 1. The van der Waals surface area contributed by atoms with Crippen molar-refractivity contribution in [2.24, 2.45) is 7.05 Å². The molecule has 2 aromatic heterocycles. The second kappa shape index (κ2) is 11.5. The summed E-state index contributed by atoms with van der Waals surface area (Å²) < 4.78 is 1.72. The number of aromatic nitrogens is 4. The van der Waals surface area contributed by atoms with Crippen LogP contribution < -0.4 is 25.3 Å². The molecule has 2 unspecified atom stereocenters. The van der Waals surface area contributed by atoms with Gasteiger partial charge in [-0.05, 0) is 55.3 Å². The molecule has 2 aromatic carbocycles. The van der Waals surface area contributed by atoms with E-state index < -0.39 is 5.92 Å². The van der Waals surface area contributed by atoms with Crippen LogP contribution in [-0.4, -0.2) is 87.2 Å². The lowest BCUT2D eigenvalue weighted by molar-refractivity contribution is -0.134. The number of urea groups is 1. The summed E-state index contributed by atoms with van der Waals surface area (Å²) in [5.41, 5.74) is 4.86. The summed E-state index contributed by atoms with van der Waals surface area (Å²) >= 11 is 6.51. The summed E-state index contributed by atoms with van der Waals surface area (Å²) in [7, 11) is 1.81. The Bertz CT molecular complexity index is 2030. The lowest BCUT2D eigenvalue weighted by atomic mass is 9.93. The quantitative estimate of drug-likeness (QED) is 0.295. The fraction of sp³-hybridized carbons (Fsp3) is 0.364. The minimum atomic E-state index is -0.498. The summed E-state index contributed by atoms with van der Waals surface area (Å²) in [5, 5.41) is 11.6. The molecular formula is C33H33ClN10O4. The van der Waals surface area contributed by atoms with Gasteiger partial charge in [0.1, 0.15) is 5.02 Å². The zero-order valence-electron chi connectivity index (χ0n) is 26.4. The van der Waals surface area contributed by atoms with E-state index in [9.17, 15) is 19.2 Å². The second-order valence-electron chi connectivity index (χ2n) is 12.6. The Labute approximate surface area is 280 Å². The van der Waals surface area contributed by atoms with E-state index in [1.165, 1.54) is 0 Å². The minimum absolute atomic E-state index is 0.0670. The molecule has 0 bridgehead atoms. The number of nitrogens with zero attached hydrogens (tertiary/aromatic N) is 8. The number of anilines is 5. The van der Waals surface area contributed by atoms with E-state index in [-0.39, 0.29) is 36.2 Å². The van der Waals surface area contributed by atoms with Gasteiger partial charge in [-0.25, -0.2) is 9.78 Å². The minimum Gasteiger partial charge on any atom is -0.339 e. The molecule has 0 spiro atoms. The average Bonchev–Trinajstić information content (AvgIpc) is 3.70. The molecule has 4 aliphatic heterocycles. The number of fused-ring (bicyclic) bond motifs is 3. The first-order valence-electron chi connectivity index (χ1n) is 16.0. The zero-order valence-corrected chi connectivity index (χ0v) is 27.2. The van der Waals surface area contributed by atoms with Gasteiger partial charge in [0, 0.05) is 68.6 Å². The molecule has 4 aliphatic rings. The smallest absolute Gasteiger partial charge is 0.324 e. The zero-order chi connectivity index (χ0) is 33.3. The van der Waals surface area contributed by atoms with Crippen LogP contribution in [0, 0.1) is 0 Å². The van der Waals surface area contributed by atoms with Crippen LogP contribution in [0.3, 0.4) is 0 Å². The largest absolute Gasteiger partial charge is 0.339 e. The van der Waals surface area contributed by atoms with Crippen LogP contribution >= 0.6 is 11.6 Å². The number of nitrogens with one attached hydrogen (secondary N) is 2. The number of likely N-dealkylation sites (N-methyl/N-ethyl adjacent to an activating group) is 1. The number of carbonyl (C=O) groups is 4. The van der Waals surface area contributed by atoms with Crippen LogP contribution in [0.15, 0.2) is 42.6 Å². The molecule has 4 aromatic rings. The topological polar surface area (TPSA) is 149 Å². The van der Waals surface area contributed by atoms with Gasteiger partial charge in [-0.1, -0.05) is 11.6 Å². The van der Waals surface area contributed by atoms with E-state index in [4.69, 9.17) is 16.6 Å². The first kappa shape index (κ1) is 30.1. The van der Waals surface area contributed by atoms with Crippen LogP contribution in [0.25, 0.3) is 10.9 Å². The van der Waals surface area contributed by atoms with Crippen molar-refractivity contribution in [2.75, 3.05) is 52.7 Å². The van der Waals surface area contributed by atoms with Gasteiger partial charge in [0.15, 0.2) is 5.82 Å². The van der Waals surface area contributed by atoms with Crippen molar-refractivity contribution in [3.63, 3.8) is 0 Å². The summed E-state index contributed by atoms with van der Waals surface area (Å²) in [4.78, 5) is 67.0. The van der Waals surface area contributed by atoms with Crippen molar-refractivity contribution < 1.29 is 19.2 Å². The molecule has 3 saturated heterocycles. The molecule has 246 valence electrons. The van der Waals surface area contributed by atoms with Gasteiger partial charge < -0.3 is 20.0 Å². The number of halogens is 1. The normalized spacial score (nSPS) is 20.9. The van der Waals surface area contributed by atoms with Crippen LogP contribution in [0.2, 0.25) is 5.02 Å². The van der Waals surface area contributed by atoms with Gasteiger partial charge in [0.05, 0.1) is 35.8 Å². The molecule has 48 heavy (non-hydrogen) atoms. The number of piperazine rings is 1. The number of benzene rings is 2. The van der Waals surface area contributed by atoms with Crippen molar-refractivity contribution in [3.05, 3.63) is 58.9 Å². The van der Waals surface area contributed by atoms with E-state index >= 15 is 0 Å². The van der Waals surface area contributed by atoms with Gasteiger partial charge in [-0.2, -0.15) is 10.1 Å². The predicted octanol–water partition coefficient (Wildman–Crippen LogP) is 3.32. The number of amides is 5. The van der Waals surface area contributed by atoms with Crippen molar-refractivity contribution in [2.45, 2.75) is 38.1 Å². The summed E-state index contributed by atoms with van der Waals surface area (Å²) in [5.74, 6) is -0.0271. The highest BCUT2D eigenvalue weighted by atomic mass is 35.5. The summed E-state index contributed by atoms with van der Waals surface area (Å²) in [6.45, 7) is 4.69. The molecule has 8 rings (SSSR count). The predicted molar refractivity (Wildman–Crippen MR) is 180 cm³/mol. The number of hydrogen-bond acceptors (Lipinski definition) is 9. The van der Waals surface area contributed by atoms with Crippen molar-refractivity contribution in [1.82, 2.24) is 30.0 Å². The average molecular weight is 669 g/mol. The molecule has 6 heterocycles. The van der Waals surface area contributed by atoms with Gasteiger partial charge in [0.2, 0.25) is 23.7 Å². The monoisotopic (exact) mass is 668 g/mol. The standard InChI is InChI=1S/C33H33ClN10O4/c1-3-42-25-8-4-19(12-18(25)13-28(42)46)36-30-24(34)15-35-32(38-30)41-10-11-43-21(16-41)17-44(33(43)48)20-5-6-22-26(14-20)40(2)39-29(22)23-7-9-27(45)37-31(23)47/h4-6,8,12,14-15,21,23H,3,7,9-11,13,16-17H2,1-2H3,(H,35,36,38)(H,37,45,47). The Morgan fingerprint density at radius 1 is 1.06 bits per heavy atom. The first-order chi connectivity index (χ1) is 23.2. The van der Waals surface area contributed by atoms with Gasteiger partial charge in [-0.3, -0.25) is 29.3 Å². The molecule has 0 saturated carbocycles. The molecule has 2 atom stereocenters. The Hall–Kier alpha value is -5.24. The molecule has 2 N–H and O–H groups in total. The van der Waals surface area contributed by atoms with E-state index in [0.29, 0.717) is 68.0 Å². The third-order valence-electron chi connectivity index (χ3n) is 9.70. The molecule has 15 heteroatoms. The number of hydrogen-bond donors (Lipinski definition) is 2. The fourth-order valence-corrected chi connectivity index (χ4v) is 7.44. The molecule has 0 radical (unpaired) electrons. The van der Waals surface area contributed by atoms with Crippen LogP contribution in [0.4, 0.5) is 33.6 Å². The van der Waals surface area contributed by atoms with Crippen LogP contribution in [0.5, 0.6) is 0 Å². The highest BCUT2D eigenvalue weighted by Crippen LogP contribution is 2.36. The fourth-order valence-electron chi connectivity index (χ4n) is 7.30. The lowest BCUT2D eigenvalue weighted by Crippen LogP contribution is -2.52. The van der Waals surface area contributed by atoms with Crippen molar-refractivity contribution in [1.29, 1.82) is 0 Å². The highest BCUT2D eigenvalue weighted by Gasteiger charge is 2.42. The summed E-state index contributed by atoms with van der Waals surface area (Å²) in [6.07, 6.45) is 2.63. The lowest BCUT2D eigenvalue weighted by Gasteiger charge is -2.36. The number of piperidine rings is 1. The maximum absolute atomic E-state index is 13.6. The molecule has 3 fully saturated rings. The van der Waals surface area contributed by atoms with E-state index in [0.717, 1.165) is 33.5 Å². The molecule has 0 aliphatic carbocycles. The second-order valence-corrected chi connectivity index (χ2v) is 13.0. The van der Waals surface area contributed by atoms with Crippen molar-refractivity contribution >= 4 is 75.1 Å². The Kier molecular flexibility index (Phi) is 7.20. The SMILES string of the molecule is CCN1C(=O)Cc2cc(Nc3nc(N4CCN5C(=O)N(c6ccc7c(C8CCC(=O)NC8=O)nn(C)c7c6)CC5C4)ncc3Cl)ccc21. The van der Waals surface area contributed by atoms with Crippen molar-refractivity contribution in [3.8, 4) is 0 Å². The van der Waals surface area contributed by atoms with Crippen LogP contribution in [0.1, 0.15) is 36.9 Å². The third kappa shape index (κ3) is 4.98. The number of imide groups is 1. The van der Waals surface area contributed by atoms with Crippen LogP contribution in [-0.2, 0) is 27.9 Å². The first-order valence-corrected chi connectivity index (χ1v) is 16.4. The molecular weight excluding hydrogens is 636 g/mol. The van der Waals surface area contributed by atoms with E-state index in [1.54, 1.807) is 20.7 Å². The highest BCUT2D eigenvalue weighted by molar-refractivity contribution is 6.33. The number of rotatable bonds is 6. The Morgan fingerprint density at radius 2 is 1.92 bits per heavy atom. The van der Waals surface area contributed by atoms with Gasteiger partial charge >= 0.3 is 6.03 Å². The Balaban J connectivity index is 0.985. The summed E-state index contributed by atoms with van der Waals surface area (Å²) in [6, 6.07) is 11.4.